The second-order valence-electron chi connectivity index (χ2n) is 4.11. The minimum atomic E-state index is -0.575. The normalized spacial score (nSPS) is 10.3. The molecule has 0 heterocycles. The lowest BCUT2D eigenvalue weighted by molar-refractivity contribution is -0.123. The van der Waals surface area contributed by atoms with E-state index in [1.807, 2.05) is 0 Å². The Morgan fingerprint density at radius 3 is 2.85 bits per heavy atom. The molecule has 1 rings (SSSR count). The van der Waals surface area contributed by atoms with Gasteiger partial charge in [0.2, 0.25) is 0 Å². The summed E-state index contributed by atoms with van der Waals surface area (Å²) in [5, 5.41) is 5.83. The predicted molar refractivity (Wildman–Crippen MR) is 76.5 cm³/mol. The number of carbonyl (C=O) groups excluding carboxylic acids is 1. The summed E-state index contributed by atoms with van der Waals surface area (Å²) < 4.78 is 18.3. The van der Waals surface area contributed by atoms with Crippen LogP contribution in [-0.4, -0.2) is 38.7 Å². The highest BCUT2D eigenvalue weighted by Crippen LogP contribution is 2.20. The van der Waals surface area contributed by atoms with Crippen LogP contribution < -0.4 is 21.1 Å². The van der Waals surface area contributed by atoms with Gasteiger partial charge in [-0.05, 0) is 31.6 Å². The molecule has 0 unspecified atom stereocenters. The number of nitrogens with two attached hydrogens (primary N) is 1. The van der Waals surface area contributed by atoms with Gasteiger partial charge in [0, 0.05) is 19.2 Å². The topological polar surface area (TPSA) is 76.4 Å². The number of benzene rings is 1. The third-order valence-electron chi connectivity index (χ3n) is 2.44. The first-order chi connectivity index (χ1) is 9.63. The Balaban J connectivity index is 2.15. The summed E-state index contributed by atoms with van der Waals surface area (Å²) >= 11 is 5.54. The lowest BCUT2D eigenvalue weighted by Gasteiger charge is -2.08. The molecule has 0 spiro atoms. The van der Waals surface area contributed by atoms with Crippen LogP contribution in [-0.2, 0) is 4.79 Å². The van der Waals surface area contributed by atoms with Crippen molar-refractivity contribution in [1.29, 1.82) is 0 Å². The fourth-order valence-corrected chi connectivity index (χ4v) is 1.53. The Morgan fingerprint density at radius 1 is 1.35 bits per heavy atom. The molecule has 20 heavy (non-hydrogen) atoms. The summed E-state index contributed by atoms with van der Waals surface area (Å²) in [5.41, 5.74) is 5.35. The molecule has 0 aliphatic carbocycles. The first kappa shape index (κ1) is 16.7. The van der Waals surface area contributed by atoms with Gasteiger partial charge in [-0.1, -0.05) is 11.6 Å². The van der Waals surface area contributed by atoms with Crippen molar-refractivity contribution in [3.05, 3.63) is 29.0 Å². The van der Waals surface area contributed by atoms with E-state index < -0.39 is 5.82 Å². The number of nitrogens with one attached hydrogen (secondary N) is 2. The molecule has 5 nitrogen and oxygen atoms in total. The largest absolute Gasteiger partial charge is 0.484 e. The van der Waals surface area contributed by atoms with Crippen LogP contribution in [0.4, 0.5) is 4.39 Å². The van der Waals surface area contributed by atoms with Crippen LogP contribution in [0.5, 0.6) is 5.75 Å². The van der Waals surface area contributed by atoms with Crippen molar-refractivity contribution in [1.82, 2.24) is 10.6 Å². The zero-order valence-electron chi connectivity index (χ0n) is 11.1. The molecule has 0 saturated heterocycles. The molecule has 0 aliphatic rings. The van der Waals surface area contributed by atoms with E-state index in [1.54, 1.807) is 0 Å². The molecule has 0 aliphatic heterocycles. The molecule has 0 fully saturated rings. The quantitative estimate of drug-likeness (QED) is 0.593. The first-order valence-electron chi connectivity index (χ1n) is 6.39. The van der Waals surface area contributed by atoms with Crippen molar-refractivity contribution in [3.63, 3.8) is 0 Å². The maximum atomic E-state index is 13.1. The second-order valence-corrected chi connectivity index (χ2v) is 4.51. The summed E-state index contributed by atoms with van der Waals surface area (Å²) in [6.45, 7) is 2.48. The lowest BCUT2D eigenvalue weighted by Crippen LogP contribution is -2.35. The zero-order chi connectivity index (χ0) is 14.8. The molecule has 0 atom stereocenters. The molecule has 0 radical (unpaired) electrons. The number of ether oxygens (including phenoxy) is 1. The molecule has 112 valence electrons. The first-order valence-corrected chi connectivity index (χ1v) is 6.76. The van der Waals surface area contributed by atoms with E-state index in [9.17, 15) is 9.18 Å². The maximum Gasteiger partial charge on any atom is 0.257 e. The number of hydrogen-bond acceptors (Lipinski definition) is 4. The Hall–Kier alpha value is -1.37. The van der Waals surface area contributed by atoms with Crippen molar-refractivity contribution >= 4 is 17.5 Å². The molecular formula is C13H19ClFN3O2. The molecule has 1 amide bonds. The van der Waals surface area contributed by atoms with Crippen molar-refractivity contribution in [2.24, 2.45) is 5.73 Å². The molecule has 0 bridgehead atoms. The van der Waals surface area contributed by atoms with Crippen LogP contribution in [0.2, 0.25) is 5.02 Å². The third-order valence-corrected chi connectivity index (χ3v) is 2.75. The minimum Gasteiger partial charge on any atom is -0.484 e. The lowest BCUT2D eigenvalue weighted by atomic mass is 10.3. The van der Waals surface area contributed by atoms with E-state index in [0.717, 1.165) is 19.0 Å². The Labute approximate surface area is 122 Å². The number of hydrogen-bond donors (Lipinski definition) is 3. The third kappa shape index (κ3) is 6.70. The zero-order valence-corrected chi connectivity index (χ0v) is 11.9. The summed E-state index contributed by atoms with van der Waals surface area (Å²) in [4.78, 5) is 11.5. The van der Waals surface area contributed by atoms with Crippen molar-refractivity contribution in [2.45, 2.75) is 6.42 Å². The van der Waals surface area contributed by atoms with Crippen LogP contribution in [0.1, 0.15) is 6.42 Å². The van der Waals surface area contributed by atoms with Crippen molar-refractivity contribution in [2.75, 3.05) is 32.8 Å². The molecule has 4 N–H and O–H groups in total. The predicted octanol–water partition coefficient (Wildman–Crippen LogP) is 0.913. The Kier molecular flexibility index (Phi) is 7.94. The van der Waals surface area contributed by atoms with Gasteiger partial charge < -0.3 is 21.1 Å². The van der Waals surface area contributed by atoms with Gasteiger partial charge in [-0.25, -0.2) is 4.39 Å². The SMILES string of the molecule is NCCCNCCNC(=O)COc1ccc(Cl)c(F)c1. The summed E-state index contributed by atoms with van der Waals surface area (Å²) in [7, 11) is 0. The summed E-state index contributed by atoms with van der Waals surface area (Å²) in [5.74, 6) is -0.571. The average Bonchev–Trinajstić information content (AvgIpc) is 2.44. The standard InChI is InChI=1S/C13H19ClFN3O2/c14-11-3-2-10(8-12(11)15)20-9-13(19)18-7-6-17-5-1-4-16/h2-3,8,17H,1,4-7,9,16H2,(H,18,19). The van der Waals surface area contributed by atoms with Gasteiger partial charge in [-0.15, -0.1) is 0 Å². The highest BCUT2D eigenvalue weighted by Gasteiger charge is 2.05. The van der Waals surface area contributed by atoms with Gasteiger partial charge >= 0.3 is 0 Å². The molecule has 1 aromatic rings. The van der Waals surface area contributed by atoms with Gasteiger partial charge in [0.25, 0.3) is 5.91 Å². The molecule has 0 saturated carbocycles. The summed E-state index contributed by atoms with van der Waals surface area (Å²) in [6, 6.07) is 4.03. The van der Waals surface area contributed by atoms with E-state index in [1.165, 1.54) is 12.1 Å². The summed E-state index contributed by atoms with van der Waals surface area (Å²) in [6.07, 6.45) is 0.902. The molecular weight excluding hydrogens is 285 g/mol. The van der Waals surface area contributed by atoms with Crippen LogP contribution in [0.25, 0.3) is 0 Å². The Bertz CT molecular complexity index is 432. The van der Waals surface area contributed by atoms with Crippen molar-refractivity contribution < 1.29 is 13.9 Å². The smallest absolute Gasteiger partial charge is 0.257 e. The average molecular weight is 304 g/mol. The number of rotatable bonds is 9. The fraction of sp³-hybridized carbons (Fsp3) is 0.462. The molecule has 0 aromatic heterocycles. The van der Waals surface area contributed by atoms with Gasteiger partial charge in [0.15, 0.2) is 6.61 Å². The van der Waals surface area contributed by atoms with Crippen LogP contribution >= 0.6 is 11.6 Å². The second kappa shape index (κ2) is 9.52. The minimum absolute atomic E-state index is 0.0188. The van der Waals surface area contributed by atoms with Crippen molar-refractivity contribution in [3.8, 4) is 5.75 Å². The van der Waals surface area contributed by atoms with E-state index in [4.69, 9.17) is 22.1 Å². The molecule has 1 aromatic carbocycles. The van der Waals surface area contributed by atoms with Crippen LogP contribution in [0.3, 0.4) is 0 Å². The molecule has 7 heteroatoms. The van der Waals surface area contributed by atoms with Gasteiger partial charge in [-0.3, -0.25) is 4.79 Å². The van der Waals surface area contributed by atoms with E-state index >= 15 is 0 Å². The highest BCUT2D eigenvalue weighted by molar-refractivity contribution is 6.30. The van der Waals surface area contributed by atoms with Gasteiger partial charge in [0.1, 0.15) is 11.6 Å². The van der Waals surface area contributed by atoms with Gasteiger partial charge in [0.05, 0.1) is 5.02 Å². The van der Waals surface area contributed by atoms with Crippen LogP contribution in [0, 0.1) is 5.82 Å². The van der Waals surface area contributed by atoms with E-state index in [-0.39, 0.29) is 23.3 Å². The number of halogens is 2. The number of amides is 1. The van der Waals surface area contributed by atoms with E-state index in [2.05, 4.69) is 10.6 Å². The monoisotopic (exact) mass is 303 g/mol. The highest BCUT2D eigenvalue weighted by atomic mass is 35.5. The maximum absolute atomic E-state index is 13.1. The Morgan fingerprint density at radius 2 is 2.15 bits per heavy atom. The van der Waals surface area contributed by atoms with E-state index in [0.29, 0.717) is 19.6 Å². The van der Waals surface area contributed by atoms with Gasteiger partial charge in [-0.2, -0.15) is 0 Å². The number of carbonyl (C=O) groups is 1. The van der Waals surface area contributed by atoms with Crippen LogP contribution in [0.15, 0.2) is 18.2 Å². The fourth-order valence-electron chi connectivity index (χ4n) is 1.41.